The first-order valence-corrected chi connectivity index (χ1v) is 6.61. The lowest BCUT2D eigenvalue weighted by atomic mass is 9.97. The van der Waals surface area contributed by atoms with E-state index in [9.17, 15) is 0 Å². The van der Waals surface area contributed by atoms with Gasteiger partial charge >= 0.3 is 0 Å². The molecule has 0 radical (unpaired) electrons. The van der Waals surface area contributed by atoms with Crippen molar-refractivity contribution in [2.45, 2.75) is 25.7 Å². The van der Waals surface area contributed by atoms with Crippen LogP contribution in [0.4, 0.5) is 5.82 Å². The van der Waals surface area contributed by atoms with Gasteiger partial charge in [-0.3, -0.25) is 0 Å². The Morgan fingerprint density at radius 2 is 2.21 bits per heavy atom. The van der Waals surface area contributed by atoms with Gasteiger partial charge in [-0.25, -0.2) is 9.97 Å². The van der Waals surface area contributed by atoms with Gasteiger partial charge in [-0.15, -0.1) is 10.2 Å². The molecule has 0 spiro atoms. The summed E-state index contributed by atoms with van der Waals surface area (Å²) in [6.07, 6.45) is 5.72. The van der Waals surface area contributed by atoms with Crippen LogP contribution in [0.25, 0.3) is 0 Å². The normalized spacial score (nSPS) is 19.7. The van der Waals surface area contributed by atoms with Gasteiger partial charge in [0.25, 0.3) is 0 Å². The maximum Gasteiger partial charge on any atom is 0.137 e. The molecular formula is C13H18N6. The molecule has 100 valence electrons. The lowest BCUT2D eigenvalue weighted by Gasteiger charge is -2.33. The molecule has 1 aliphatic heterocycles. The predicted octanol–water partition coefficient (Wildman–Crippen LogP) is 1.30. The summed E-state index contributed by atoms with van der Waals surface area (Å²) >= 11 is 0. The highest BCUT2D eigenvalue weighted by Crippen LogP contribution is 2.27. The molecular weight excluding hydrogens is 240 g/mol. The Balaban J connectivity index is 1.80. The molecule has 2 aromatic rings. The summed E-state index contributed by atoms with van der Waals surface area (Å²) in [6.45, 7) is 3.99. The Morgan fingerprint density at radius 1 is 1.32 bits per heavy atom. The molecule has 1 aliphatic rings. The molecule has 0 aliphatic carbocycles. The van der Waals surface area contributed by atoms with Gasteiger partial charge in [0, 0.05) is 37.8 Å². The fraction of sp³-hybridized carbons (Fsp3) is 0.538. The molecule has 1 fully saturated rings. The molecule has 0 unspecified atom stereocenters. The van der Waals surface area contributed by atoms with Crippen molar-refractivity contribution in [1.29, 1.82) is 0 Å². The third-order valence-electron chi connectivity index (χ3n) is 3.65. The zero-order valence-corrected chi connectivity index (χ0v) is 11.3. The average molecular weight is 258 g/mol. The zero-order valence-electron chi connectivity index (χ0n) is 11.3. The van der Waals surface area contributed by atoms with Crippen molar-refractivity contribution in [2.24, 2.45) is 7.05 Å². The Hall–Kier alpha value is -1.98. The maximum atomic E-state index is 4.37. The van der Waals surface area contributed by atoms with Crippen LogP contribution >= 0.6 is 0 Å². The molecule has 3 heterocycles. The highest BCUT2D eigenvalue weighted by atomic mass is 15.3. The average Bonchev–Trinajstić information content (AvgIpc) is 2.85. The molecule has 0 saturated carbocycles. The third-order valence-corrected chi connectivity index (χ3v) is 3.65. The zero-order chi connectivity index (χ0) is 13.2. The smallest absolute Gasteiger partial charge is 0.137 e. The van der Waals surface area contributed by atoms with E-state index in [1.165, 1.54) is 0 Å². The van der Waals surface area contributed by atoms with Gasteiger partial charge in [-0.05, 0) is 19.8 Å². The highest BCUT2D eigenvalue weighted by molar-refractivity contribution is 5.39. The summed E-state index contributed by atoms with van der Waals surface area (Å²) in [5, 5.41) is 8.22. The van der Waals surface area contributed by atoms with Crippen LogP contribution in [0.2, 0.25) is 0 Å². The van der Waals surface area contributed by atoms with E-state index < -0.39 is 0 Å². The van der Waals surface area contributed by atoms with E-state index in [2.05, 4.69) is 25.1 Å². The van der Waals surface area contributed by atoms with E-state index in [0.29, 0.717) is 5.92 Å². The van der Waals surface area contributed by atoms with Gasteiger partial charge < -0.3 is 9.47 Å². The fourth-order valence-electron chi connectivity index (χ4n) is 2.67. The van der Waals surface area contributed by atoms with Crippen molar-refractivity contribution >= 4 is 5.82 Å². The molecule has 1 atom stereocenters. The summed E-state index contributed by atoms with van der Waals surface area (Å²) in [4.78, 5) is 10.8. The Kier molecular flexibility index (Phi) is 3.15. The van der Waals surface area contributed by atoms with E-state index in [1.54, 1.807) is 12.7 Å². The molecule has 0 aromatic carbocycles. The summed E-state index contributed by atoms with van der Waals surface area (Å²) in [5.41, 5.74) is 1.01. The van der Waals surface area contributed by atoms with E-state index in [0.717, 1.165) is 43.3 Å². The minimum Gasteiger partial charge on any atom is -0.356 e. The molecule has 1 saturated heterocycles. The number of aryl methyl sites for hydroxylation is 2. The SMILES string of the molecule is Cc1cc(N2CCC[C@H](c3nncn3C)C2)ncn1. The maximum absolute atomic E-state index is 4.37. The first kappa shape index (κ1) is 12.1. The summed E-state index contributed by atoms with van der Waals surface area (Å²) in [6, 6.07) is 2.04. The Bertz CT molecular complexity index is 564. The van der Waals surface area contributed by atoms with E-state index >= 15 is 0 Å². The molecule has 3 rings (SSSR count). The number of piperidine rings is 1. The van der Waals surface area contributed by atoms with Crippen LogP contribution in [-0.2, 0) is 7.05 Å². The first-order valence-electron chi connectivity index (χ1n) is 6.61. The number of hydrogen-bond acceptors (Lipinski definition) is 5. The summed E-state index contributed by atoms with van der Waals surface area (Å²) in [5.74, 6) is 2.51. The Morgan fingerprint density at radius 3 is 2.95 bits per heavy atom. The van der Waals surface area contributed by atoms with Crippen molar-refractivity contribution < 1.29 is 0 Å². The molecule has 0 amide bonds. The van der Waals surface area contributed by atoms with Gasteiger partial charge in [0.2, 0.25) is 0 Å². The van der Waals surface area contributed by atoms with Crippen molar-refractivity contribution in [1.82, 2.24) is 24.7 Å². The summed E-state index contributed by atoms with van der Waals surface area (Å²) < 4.78 is 2.01. The van der Waals surface area contributed by atoms with Crippen LogP contribution in [0.1, 0.15) is 30.3 Å². The monoisotopic (exact) mass is 258 g/mol. The van der Waals surface area contributed by atoms with Crippen LogP contribution in [0.3, 0.4) is 0 Å². The van der Waals surface area contributed by atoms with Gasteiger partial charge in [-0.2, -0.15) is 0 Å². The van der Waals surface area contributed by atoms with Crippen LogP contribution in [-0.4, -0.2) is 37.8 Å². The van der Waals surface area contributed by atoms with Crippen LogP contribution in [0, 0.1) is 6.92 Å². The minimum atomic E-state index is 0.427. The molecule has 2 aromatic heterocycles. The lowest BCUT2D eigenvalue weighted by molar-refractivity contribution is 0.477. The fourth-order valence-corrected chi connectivity index (χ4v) is 2.67. The quantitative estimate of drug-likeness (QED) is 0.812. The van der Waals surface area contributed by atoms with Crippen LogP contribution in [0.15, 0.2) is 18.7 Å². The van der Waals surface area contributed by atoms with Crippen molar-refractivity contribution in [3.63, 3.8) is 0 Å². The van der Waals surface area contributed by atoms with E-state index in [4.69, 9.17) is 0 Å². The van der Waals surface area contributed by atoms with Crippen LogP contribution in [0.5, 0.6) is 0 Å². The highest BCUT2D eigenvalue weighted by Gasteiger charge is 2.25. The van der Waals surface area contributed by atoms with E-state index in [1.807, 2.05) is 24.6 Å². The number of hydrogen-bond donors (Lipinski definition) is 0. The number of nitrogens with zero attached hydrogens (tertiary/aromatic N) is 6. The first-order chi connectivity index (χ1) is 9.24. The summed E-state index contributed by atoms with van der Waals surface area (Å²) in [7, 11) is 2.00. The molecule has 0 bridgehead atoms. The van der Waals surface area contributed by atoms with Gasteiger partial charge in [0.1, 0.15) is 24.3 Å². The molecule has 19 heavy (non-hydrogen) atoms. The van der Waals surface area contributed by atoms with Crippen molar-refractivity contribution in [2.75, 3.05) is 18.0 Å². The standard InChI is InChI=1S/C13H18N6/c1-10-6-12(15-8-14-10)19-5-3-4-11(7-19)13-17-16-9-18(13)2/h6,8-9,11H,3-5,7H2,1-2H3/t11-/m0/s1. The molecule has 6 heteroatoms. The second-order valence-electron chi connectivity index (χ2n) is 5.10. The van der Waals surface area contributed by atoms with Crippen molar-refractivity contribution in [3.8, 4) is 0 Å². The van der Waals surface area contributed by atoms with E-state index in [-0.39, 0.29) is 0 Å². The number of rotatable bonds is 2. The largest absolute Gasteiger partial charge is 0.356 e. The Labute approximate surface area is 112 Å². The second-order valence-corrected chi connectivity index (χ2v) is 5.10. The topological polar surface area (TPSA) is 59.7 Å². The lowest BCUT2D eigenvalue weighted by Crippen LogP contribution is -2.35. The molecule has 0 N–H and O–H groups in total. The van der Waals surface area contributed by atoms with Crippen LogP contribution < -0.4 is 4.90 Å². The van der Waals surface area contributed by atoms with Gasteiger partial charge in [0.15, 0.2) is 0 Å². The third kappa shape index (κ3) is 2.43. The minimum absolute atomic E-state index is 0.427. The molecule has 6 nitrogen and oxygen atoms in total. The van der Waals surface area contributed by atoms with Crippen molar-refractivity contribution in [3.05, 3.63) is 30.2 Å². The van der Waals surface area contributed by atoms with Gasteiger partial charge in [-0.1, -0.05) is 0 Å². The van der Waals surface area contributed by atoms with Gasteiger partial charge in [0.05, 0.1) is 0 Å². The predicted molar refractivity (Wildman–Crippen MR) is 72.0 cm³/mol. The number of anilines is 1. The second kappa shape index (κ2) is 4.95. The number of aromatic nitrogens is 5.